The third kappa shape index (κ3) is 3.30. The van der Waals surface area contributed by atoms with Gasteiger partial charge in [0.1, 0.15) is 0 Å². The molecule has 1 nitrogen and oxygen atoms in total. The summed E-state index contributed by atoms with van der Waals surface area (Å²) >= 11 is 1.77. The molecule has 0 heterocycles. The minimum absolute atomic E-state index is 0.325. The van der Waals surface area contributed by atoms with Crippen LogP contribution in [0.3, 0.4) is 0 Å². The Bertz CT molecular complexity index is 488. The van der Waals surface area contributed by atoms with E-state index in [1.54, 1.807) is 11.8 Å². The molecule has 0 fully saturated rings. The molecule has 0 aliphatic heterocycles. The number of anilines is 1. The van der Waals surface area contributed by atoms with Gasteiger partial charge in [-0.3, -0.25) is 0 Å². The number of hydrogen-bond acceptors (Lipinski definition) is 2. The smallest absolute Gasteiger partial charge is 0.0485 e. The lowest BCUT2D eigenvalue weighted by atomic mass is 10.1. The fourth-order valence-corrected chi connectivity index (χ4v) is 2.28. The Hall–Kier alpha value is -1.41. The second kappa shape index (κ2) is 5.96. The molecule has 0 aliphatic carbocycles. The van der Waals surface area contributed by atoms with Gasteiger partial charge in [-0.25, -0.2) is 0 Å². The lowest BCUT2D eigenvalue weighted by molar-refractivity contribution is 0.883. The van der Waals surface area contributed by atoms with Crippen molar-refractivity contribution < 1.29 is 0 Å². The van der Waals surface area contributed by atoms with E-state index in [1.165, 1.54) is 21.7 Å². The number of aryl methyl sites for hydroxylation is 1. The zero-order valence-corrected chi connectivity index (χ0v) is 11.9. The van der Waals surface area contributed by atoms with Crippen molar-refractivity contribution in [3.8, 4) is 0 Å². The first-order valence-electron chi connectivity index (χ1n) is 6.16. The lowest BCUT2D eigenvalue weighted by Gasteiger charge is -2.16. The first-order chi connectivity index (χ1) is 8.69. The van der Waals surface area contributed by atoms with E-state index in [0.717, 1.165) is 0 Å². The van der Waals surface area contributed by atoms with Crippen LogP contribution < -0.4 is 5.32 Å². The molecule has 2 aromatic carbocycles. The van der Waals surface area contributed by atoms with Gasteiger partial charge >= 0.3 is 0 Å². The molecule has 0 amide bonds. The summed E-state index contributed by atoms with van der Waals surface area (Å²) in [6, 6.07) is 17.6. The Morgan fingerprint density at radius 1 is 0.944 bits per heavy atom. The van der Waals surface area contributed by atoms with Crippen LogP contribution in [0.2, 0.25) is 0 Å². The summed E-state index contributed by atoms with van der Waals surface area (Å²) in [7, 11) is 0. The quantitative estimate of drug-likeness (QED) is 0.783. The van der Waals surface area contributed by atoms with E-state index in [2.05, 4.69) is 74.0 Å². The molecule has 18 heavy (non-hydrogen) atoms. The maximum Gasteiger partial charge on any atom is 0.0485 e. The molecule has 0 radical (unpaired) electrons. The summed E-state index contributed by atoms with van der Waals surface area (Å²) < 4.78 is 0. The van der Waals surface area contributed by atoms with Gasteiger partial charge < -0.3 is 5.32 Å². The zero-order valence-electron chi connectivity index (χ0n) is 11.1. The maximum absolute atomic E-state index is 3.52. The van der Waals surface area contributed by atoms with Gasteiger partial charge in [-0.2, -0.15) is 0 Å². The topological polar surface area (TPSA) is 12.0 Å². The van der Waals surface area contributed by atoms with Crippen molar-refractivity contribution in [2.24, 2.45) is 0 Å². The second-order valence-corrected chi connectivity index (χ2v) is 5.38. The van der Waals surface area contributed by atoms with E-state index in [4.69, 9.17) is 0 Å². The number of hydrogen-bond donors (Lipinski definition) is 1. The number of nitrogens with one attached hydrogen (secondary N) is 1. The summed E-state index contributed by atoms with van der Waals surface area (Å²) in [4.78, 5) is 1.29. The minimum atomic E-state index is 0.325. The molecule has 1 atom stereocenters. The molecular formula is C16H19NS. The third-order valence-electron chi connectivity index (χ3n) is 3.05. The molecule has 2 aromatic rings. The van der Waals surface area contributed by atoms with Gasteiger partial charge in [0.25, 0.3) is 0 Å². The van der Waals surface area contributed by atoms with Crippen LogP contribution in [-0.2, 0) is 0 Å². The fraction of sp³-hybridized carbons (Fsp3) is 0.250. The van der Waals surface area contributed by atoms with Gasteiger partial charge in [0, 0.05) is 16.6 Å². The second-order valence-electron chi connectivity index (χ2n) is 4.51. The molecule has 1 N–H and O–H groups in total. The summed E-state index contributed by atoms with van der Waals surface area (Å²) in [6.45, 7) is 4.30. The molecule has 94 valence electrons. The van der Waals surface area contributed by atoms with Crippen LogP contribution in [0.15, 0.2) is 53.4 Å². The van der Waals surface area contributed by atoms with Gasteiger partial charge in [0.15, 0.2) is 0 Å². The van der Waals surface area contributed by atoms with Crippen LogP contribution in [0.25, 0.3) is 0 Å². The van der Waals surface area contributed by atoms with Crippen molar-refractivity contribution in [1.29, 1.82) is 0 Å². The van der Waals surface area contributed by atoms with Gasteiger partial charge in [0.2, 0.25) is 0 Å². The normalized spacial score (nSPS) is 12.2. The SMILES string of the molecule is CSc1ccc(NC(C)c2ccc(C)cc2)cc1. The van der Waals surface area contributed by atoms with Crippen molar-refractivity contribution in [3.63, 3.8) is 0 Å². The summed E-state index contributed by atoms with van der Waals surface area (Å²) in [5.74, 6) is 0. The van der Waals surface area contributed by atoms with Gasteiger partial charge in [-0.15, -0.1) is 11.8 Å². The van der Waals surface area contributed by atoms with E-state index < -0.39 is 0 Å². The molecule has 1 unspecified atom stereocenters. The van der Waals surface area contributed by atoms with Crippen LogP contribution in [-0.4, -0.2) is 6.26 Å². The molecule has 0 spiro atoms. The first kappa shape index (κ1) is 13.0. The number of rotatable bonds is 4. The average molecular weight is 257 g/mol. The number of thioether (sulfide) groups is 1. The zero-order chi connectivity index (χ0) is 13.0. The predicted octanol–water partition coefficient (Wildman–Crippen LogP) is 4.89. The highest BCUT2D eigenvalue weighted by molar-refractivity contribution is 7.98. The molecule has 0 aromatic heterocycles. The molecule has 2 heteroatoms. The highest BCUT2D eigenvalue weighted by atomic mass is 32.2. The molecule has 0 saturated heterocycles. The fourth-order valence-electron chi connectivity index (χ4n) is 1.88. The lowest BCUT2D eigenvalue weighted by Crippen LogP contribution is -2.06. The molecular weight excluding hydrogens is 238 g/mol. The third-order valence-corrected chi connectivity index (χ3v) is 3.79. The standard InChI is InChI=1S/C16H19NS/c1-12-4-6-14(7-5-12)13(2)17-15-8-10-16(18-3)11-9-15/h4-11,13,17H,1-3H3. The summed E-state index contributed by atoms with van der Waals surface area (Å²) in [6.07, 6.45) is 2.09. The Kier molecular flexibility index (Phi) is 4.32. The molecule has 2 rings (SSSR count). The Labute approximate surface area is 114 Å². The van der Waals surface area contributed by atoms with E-state index in [-0.39, 0.29) is 0 Å². The predicted molar refractivity (Wildman–Crippen MR) is 81.4 cm³/mol. The maximum atomic E-state index is 3.52. The van der Waals surface area contributed by atoms with Gasteiger partial charge in [-0.05, 0) is 49.9 Å². The highest BCUT2D eigenvalue weighted by Crippen LogP contribution is 2.22. The van der Waals surface area contributed by atoms with E-state index >= 15 is 0 Å². The van der Waals surface area contributed by atoms with E-state index in [0.29, 0.717) is 6.04 Å². The first-order valence-corrected chi connectivity index (χ1v) is 7.38. The van der Waals surface area contributed by atoms with Gasteiger partial charge in [0.05, 0.1) is 0 Å². The largest absolute Gasteiger partial charge is 0.379 e. The van der Waals surface area contributed by atoms with Crippen molar-refractivity contribution in [1.82, 2.24) is 0 Å². The number of benzene rings is 2. The highest BCUT2D eigenvalue weighted by Gasteiger charge is 2.04. The van der Waals surface area contributed by atoms with Crippen LogP contribution in [0.4, 0.5) is 5.69 Å². The summed E-state index contributed by atoms with van der Waals surface area (Å²) in [5.41, 5.74) is 3.78. The van der Waals surface area contributed by atoms with E-state index in [1.807, 2.05) is 0 Å². The van der Waals surface area contributed by atoms with Gasteiger partial charge in [-0.1, -0.05) is 29.8 Å². The molecule has 0 aliphatic rings. The van der Waals surface area contributed by atoms with Crippen molar-refractivity contribution >= 4 is 17.4 Å². The Morgan fingerprint density at radius 2 is 1.56 bits per heavy atom. The van der Waals surface area contributed by atoms with Crippen LogP contribution >= 0.6 is 11.8 Å². The average Bonchev–Trinajstić information content (AvgIpc) is 2.40. The Morgan fingerprint density at radius 3 is 2.11 bits per heavy atom. The Balaban J connectivity index is 2.05. The molecule has 0 bridgehead atoms. The van der Waals surface area contributed by atoms with Crippen molar-refractivity contribution in [3.05, 3.63) is 59.7 Å². The van der Waals surface area contributed by atoms with Crippen LogP contribution in [0, 0.1) is 6.92 Å². The molecule has 0 saturated carbocycles. The minimum Gasteiger partial charge on any atom is -0.379 e. The monoisotopic (exact) mass is 257 g/mol. The van der Waals surface area contributed by atoms with Crippen LogP contribution in [0.1, 0.15) is 24.1 Å². The van der Waals surface area contributed by atoms with Crippen molar-refractivity contribution in [2.45, 2.75) is 24.8 Å². The van der Waals surface area contributed by atoms with Crippen LogP contribution in [0.5, 0.6) is 0 Å². The van der Waals surface area contributed by atoms with Crippen molar-refractivity contribution in [2.75, 3.05) is 11.6 Å². The summed E-state index contributed by atoms with van der Waals surface area (Å²) in [5, 5.41) is 3.52. The van der Waals surface area contributed by atoms with E-state index in [9.17, 15) is 0 Å².